The van der Waals surface area contributed by atoms with Gasteiger partial charge < -0.3 is 9.80 Å². The lowest BCUT2D eigenvalue weighted by Crippen LogP contribution is -2.35. The summed E-state index contributed by atoms with van der Waals surface area (Å²) in [6.45, 7) is 6.10. The summed E-state index contributed by atoms with van der Waals surface area (Å²) in [4.78, 5) is 9.38. The molecule has 4 heteroatoms. The monoisotopic (exact) mass is 309 g/mol. The quantitative estimate of drug-likeness (QED) is 0.795. The Labute approximate surface area is 118 Å². The summed E-state index contributed by atoms with van der Waals surface area (Å²) >= 11 is 3.51. The van der Waals surface area contributed by atoms with Crippen LogP contribution in [0.15, 0.2) is 22.9 Å². The molecule has 2 bridgehead atoms. The third-order valence-corrected chi connectivity index (χ3v) is 4.26. The molecule has 0 saturated carbocycles. The molecule has 3 heterocycles. The Morgan fingerprint density at radius 1 is 1.17 bits per heavy atom. The van der Waals surface area contributed by atoms with E-state index < -0.39 is 0 Å². The van der Waals surface area contributed by atoms with Crippen molar-refractivity contribution in [1.82, 2.24) is 9.88 Å². The highest BCUT2D eigenvalue weighted by Gasteiger charge is 2.26. The summed E-state index contributed by atoms with van der Waals surface area (Å²) in [5.41, 5.74) is 1.26. The maximum absolute atomic E-state index is 4.27. The Morgan fingerprint density at radius 3 is 2.89 bits per heavy atom. The Bertz CT molecular complexity index is 396. The number of hydrogen-bond acceptors (Lipinski definition) is 3. The molecule has 2 saturated heterocycles. The zero-order valence-corrected chi connectivity index (χ0v) is 12.3. The average molecular weight is 310 g/mol. The molecule has 2 aliphatic rings. The minimum absolute atomic E-state index is 0. The van der Waals surface area contributed by atoms with Gasteiger partial charge >= 0.3 is 0 Å². The number of halogens is 1. The lowest BCUT2D eigenvalue weighted by Gasteiger charge is -2.29. The molecule has 98 valence electrons. The van der Waals surface area contributed by atoms with Crippen LogP contribution in [0.5, 0.6) is 0 Å². The Hall–Kier alpha value is -0.610. The van der Waals surface area contributed by atoms with Gasteiger partial charge in [-0.3, -0.25) is 4.98 Å². The van der Waals surface area contributed by atoms with E-state index in [0.717, 1.165) is 16.9 Å². The van der Waals surface area contributed by atoms with Crippen LogP contribution in [0.4, 0.5) is 5.69 Å². The van der Waals surface area contributed by atoms with Gasteiger partial charge in [0.05, 0.1) is 11.9 Å². The van der Waals surface area contributed by atoms with Crippen LogP contribution >= 0.6 is 15.9 Å². The predicted octanol–water partition coefficient (Wildman–Crippen LogP) is 2.70. The van der Waals surface area contributed by atoms with Gasteiger partial charge in [-0.2, -0.15) is 0 Å². The van der Waals surface area contributed by atoms with Gasteiger partial charge in [0.1, 0.15) is 0 Å². The van der Waals surface area contributed by atoms with Crippen molar-refractivity contribution in [3.8, 4) is 0 Å². The fourth-order valence-electron chi connectivity index (χ4n) is 2.98. The second-order valence-electron chi connectivity index (χ2n) is 5.12. The minimum Gasteiger partial charge on any atom is -0.369 e. The van der Waals surface area contributed by atoms with Gasteiger partial charge in [-0.1, -0.05) is 7.43 Å². The highest BCUT2D eigenvalue weighted by atomic mass is 79.9. The molecule has 3 rings (SSSR count). The summed E-state index contributed by atoms with van der Waals surface area (Å²) in [7, 11) is 0. The van der Waals surface area contributed by atoms with Crippen molar-refractivity contribution in [3.05, 3.63) is 30.4 Å². The second kappa shape index (κ2) is 6.02. The lowest BCUT2D eigenvalue weighted by atomic mass is 9.98. The molecule has 0 amide bonds. The number of piperidine rings is 1. The van der Waals surface area contributed by atoms with Gasteiger partial charge in [0.25, 0.3) is 0 Å². The van der Waals surface area contributed by atoms with Gasteiger partial charge in [-0.05, 0) is 47.3 Å². The Kier molecular flexibility index (Phi) is 4.62. The average Bonchev–Trinajstić information content (AvgIpc) is 2.48. The molecule has 2 unspecified atom stereocenters. The first-order valence-corrected chi connectivity index (χ1v) is 7.18. The summed E-state index contributed by atoms with van der Waals surface area (Å²) in [5, 5.41) is 0. The third-order valence-electron chi connectivity index (χ3n) is 3.82. The molecule has 2 fully saturated rings. The number of rotatable bonds is 1. The van der Waals surface area contributed by atoms with Crippen LogP contribution in [0.2, 0.25) is 0 Å². The zero-order chi connectivity index (χ0) is 11.7. The molecule has 0 spiro atoms. The standard InChI is InChI=1S/C13H18BrN3.CH2/c14-12-6-13(8-15-7-12)17-5-4-16-3-1-2-11(9-16)10-17;/h6-8,11H,1-5,9-10H2;1H2. The van der Waals surface area contributed by atoms with Crippen LogP contribution in [-0.2, 0) is 0 Å². The number of aromatic nitrogens is 1. The van der Waals surface area contributed by atoms with Crippen LogP contribution in [-0.4, -0.2) is 42.6 Å². The van der Waals surface area contributed by atoms with E-state index in [2.05, 4.69) is 36.8 Å². The van der Waals surface area contributed by atoms with Crippen molar-refractivity contribution in [3.63, 3.8) is 0 Å². The van der Waals surface area contributed by atoms with E-state index in [0.29, 0.717) is 0 Å². The van der Waals surface area contributed by atoms with Gasteiger partial charge in [-0.15, -0.1) is 0 Å². The van der Waals surface area contributed by atoms with Gasteiger partial charge in [0.15, 0.2) is 0 Å². The van der Waals surface area contributed by atoms with Gasteiger partial charge in [0.2, 0.25) is 0 Å². The molecule has 0 N–H and O–H groups in total. The van der Waals surface area contributed by atoms with Crippen LogP contribution in [0.3, 0.4) is 0 Å². The Balaban J connectivity index is 0.00000120. The molecule has 0 aliphatic carbocycles. The fraction of sp³-hybridized carbons (Fsp3) is 0.571. The smallest absolute Gasteiger partial charge is 0.0564 e. The largest absolute Gasteiger partial charge is 0.369 e. The van der Waals surface area contributed by atoms with Crippen LogP contribution in [0, 0.1) is 13.3 Å². The zero-order valence-electron chi connectivity index (χ0n) is 10.7. The number of fused-ring (bicyclic) bond motifs is 2. The highest BCUT2D eigenvalue weighted by Crippen LogP contribution is 2.25. The number of nitrogens with zero attached hydrogens (tertiary/aromatic N) is 3. The predicted molar refractivity (Wildman–Crippen MR) is 78.7 cm³/mol. The van der Waals surface area contributed by atoms with E-state index in [4.69, 9.17) is 0 Å². The normalized spacial score (nSPS) is 27.3. The van der Waals surface area contributed by atoms with E-state index in [-0.39, 0.29) is 7.43 Å². The number of anilines is 1. The molecule has 3 nitrogen and oxygen atoms in total. The van der Waals surface area contributed by atoms with E-state index in [1.54, 1.807) is 0 Å². The van der Waals surface area contributed by atoms with E-state index >= 15 is 0 Å². The van der Waals surface area contributed by atoms with Crippen LogP contribution < -0.4 is 4.90 Å². The minimum atomic E-state index is 0. The van der Waals surface area contributed by atoms with Crippen molar-refractivity contribution in [1.29, 1.82) is 0 Å². The summed E-state index contributed by atoms with van der Waals surface area (Å²) < 4.78 is 1.07. The molecule has 2 atom stereocenters. The summed E-state index contributed by atoms with van der Waals surface area (Å²) in [5.74, 6) is 0.838. The highest BCUT2D eigenvalue weighted by molar-refractivity contribution is 9.10. The molecular weight excluding hydrogens is 290 g/mol. The van der Waals surface area contributed by atoms with Crippen LogP contribution in [0.25, 0.3) is 0 Å². The first-order valence-electron chi connectivity index (χ1n) is 6.39. The summed E-state index contributed by atoms with van der Waals surface area (Å²) in [6, 6.07) is 2.18. The fourth-order valence-corrected chi connectivity index (χ4v) is 3.33. The SMILES string of the molecule is Brc1cncc(N2CCN3CCCC(C3)C2)c1.[CH2]. The topological polar surface area (TPSA) is 19.4 Å². The molecule has 0 aromatic carbocycles. The maximum Gasteiger partial charge on any atom is 0.0564 e. The van der Waals surface area contributed by atoms with Crippen LogP contribution in [0.1, 0.15) is 12.8 Å². The van der Waals surface area contributed by atoms with Crippen molar-refractivity contribution < 1.29 is 0 Å². The van der Waals surface area contributed by atoms with Crippen molar-refractivity contribution in [2.24, 2.45) is 5.92 Å². The second-order valence-corrected chi connectivity index (χ2v) is 6.03. The van der Waals surface area contributed by atoms with E-state index in [1.165, 1.54) is 44.7 Å². The van der Waals surface area contributed by atoms with Crippen molar-refractivity contribution in [2.75, 3.05) is 37.6 Å². The third kappa shape index (κ3) is 3.04. The maximum atomic E-state index is 4.27. The van der Waals surface area contributed by atoms with E-state index in [9.17, 15) is 0 Å². The molecule has 2 aliphatic heterocycles. The van der Waals surface area contributed by atoms with E-state index in [1.807, 2.05) is 12.4 Å². The molecule has 18 heavy (non-hydrogen) atoms. The lowest BCUT2D eigenvalue weighted by molar-refractivity contribution is 0.201. The Morgan fingerprint density at radius 2 is 2.06 bits per heavy atom. The molecular formula is C14H20BrN3. The molecule has 2 radical (unpaired) electrons. The van der Waals surface area contributed by atoms with Crippen molar-refractivity contribution >= 4 is 21.6 Å². The van der Waals surface area contributed by atoms with Gasteiger partial charge in [0, 0.05) is 36.8 Å². The van der Waals surface area contributed by atoms with Crippen molar-refractivity contribution in [2.45, 2.75) is 12.8 Å². The molecule has 1 aromatic heterocycles. The first-order chi connectivity index (χ1) is 8.31. The summed E-state index contributed by atoms with van der Waals surface area (Å²) in [6.07, 6.45) is 6.59. The number of pyridine rings is 1. The number of hydrogen-bond donors (Lipinski definition) is 0. The first kappa shape index (κ1) is 13.8. The van der Waals surface area contributed by atoms with Gasteiger partial charge in [-0.25, -0.2) is 0 Å². The molecule has 1 aromatic rings.